The Bertz CT molecular complexity index is 771. The van der Waals surface area contributed by atoms with E-state index in [2.05, 4.69) is 26.6 Å². The highest BCUT2D eigenvalue weighted by Gasteiger charge is 2.25. The molecule has 0 amide bonds. The number of nitrogens with zero attached hydrogens (tertiary/aromatic N) is 4. The van der Waals surface area contributed by atoms with Crippen LogP contribution in [0.2, 0.25) is 0 Å². The van der Waals surface area contributed by atoms with Gasteiger partial charge in [0.25, 0.3) is 0 Å². The fraction of sp³-hybridized carbons (Fsp3) is 0.400. The molecule has 0 aliphatic heterocycles. The first kappa shape index (κ1) is 14.1. The normalized spacial score (nSPS) is 14.5. The second-order valence-electron chi connectivity index (χ2n) is 5.22. The molecule has 0 aromatic carbocycles. The molecular formula is C15H17ClN4O. The number of pyridine rings is 1. The molecule has 21 heavy (non-hydrogen) atoms. The van der Waals surface area contributed by atoms with Gasteiger partial charge < -0.3 is 9.09 Å². The zero-order chi connectivity index (χ0) is 15.1. The van der Waals surface area contributed by atoms with Gasteiger partial charge in [0, 0.05) is 11.8 Å². The zero-order valence-corrected chi connectivity index (χ0v) is 13.2. The number of fused-ring (bicyclic) bond motifs is 1. The summed E-state index contributed by atoms with van der Waals surface area (Å²) in [6.45, 7) is 7.87. The number of aromatic nitrogens is 4. The lowest BCUT2D eigenvalue weighted by molar-refractivity contribution is 0.391. The molecule has 0 aliphatic carbocycles. The van der Waals surface area contributed by atoms with Gasteiger partial charge in [0.05, 0.1) is 17.1 Å². The molecule has 0 aliphatic rings. The fourth-order valence-corrected chi connectivity index (χ4v) is 2.98. The summed E-state index contributed by atoms with van der Waals surface area (Å²) in [6, 6.07) is 3.83. The van der Waals surface area contributed by atoms with Crippen molar-refractivity contribution in [2.24, 2.45) is 0 Å². The summed E-state index contributed by atoms with van der Waals surface area (Å²) in [5, 5.41) is 3.83. The maximum atomic E-state index is 6.31. The minimum Gasteiger partial charge on any atom is -0.361 e. The maximum Gasteiger partial charge on any atom is 0.160 e. The Labute approximate surface area is 127 Å². The lowest BCUT2D eigenvalue weighted by Crippen LogP contribution is -2.13. The first-order valence-corrected chi connectivity index (χ1v) is 7.34. The topological polar surface area (TPSA) is 56.7 Å². The van der Waals surface area contributed by atoms with E-state index in [1.54, 1.807) is 6.20 Å². The fourth-order valence-electron chi connectivity index (χ4n) is 2.83. The van der Waals surface area contributed by atoms with Crippen LogP contribution in [-0.4, -0.2) is 19.7 Å². The summed E-state index contributed by atoms with van der Waals surface area (Å²) in [5.74, 6) is 1.61. The summed E-state index contributed by atoms with van der Waals surface area (Å²) in [6.07, 6.45) is 1.77. The summed E-state index contributed by atoms with van der Waals surface area (Å²) < 4.78 is 7.36. The summed E-state index contributed by atoms with van der Waals surface area (Å²) >= 11 is 6.31. The van der Waals surface area contributed by atoms with Crippen LogP contribution >= 0.6 is 11.6 Å². The predicted octanol–water partition coefficient (Wildman–Crippen LogP) is 3.95. The number of alkyl halides is 1. The van der Waals surface area contributed by atoms with Crippen LogP contribution in [0.5, 0.6) is 0 Å². The highest BCUT2D eigenvalue weighted by atomic mass is 35.5. The van der Waals surface area contributed by atoms with Crippen molar-refractivity contribution in [3.8, 4) is 0 Å². The molecule has 110 valence electrons. The molecule has 3 heterocycles. The number of rotatable bonds is 3. The van der Waals surface area contributed by atoms with Crippen molar-refractivity contribution in [2.75, 3.05) is 0 Å². The van der Waals surface area contributed by atoms with Gasteiger partial charge in [-0.15, -0.1) is 11.6 Å². The van der Waals surface area contributed by atoms with Crippen molar-refractivity contribution < 1.29 is 4.52 Å². The molecule has 0 fully saturated rings. The van der Waals surface area contributed by atoms with Gasteiger partial charge in [-0.3, -0.25) is 0 Å². The van der Waals surface area contributed by atoms with Gasteiger partial charge in [0.2, 0.25) is 0 Å². The van der Waals surface area contributed by atoms with Gasteiger partial charge in [-0.05, 0) is 39.8 Å². The molecule has 0 bridgehead atoms. The Morgan fingerprint density at radius 1 is 1.29 bits per heavy atom. The van der Waals surface area contributed by atoms with Gasteiger partial charge in [0.15, 0.2) is 5.65 Å². The molecule has 0 saturated carbocycles. The van der Waals surface area contributed by atoms with Crippen molar-refractivity contribution in [3.63, 3.8) is 0 Å². The second-order valence-corrected chi connectivity index (χ2v) is 5.87. The van der Waals surface area contributed by atoms with Crippen LogP contribution < -0.4 is 0 Å². The third kappa shape index (κ3) is 2.21. The first-order valence-electron chi connectivity index (χ1n) is 6.90. The Morgan fingerprint density at radius 2 is 2.05 bits per heavy atom. The van der Waals surface area contributed by atoms with E-state index in [0.717, 1.165) is 34.0 Å². The zero-order valence-electron chi connectivity index (χ0n) is 12.5. The molecule has 0 saturated heterocycles. The van der Waals surface area contributed by atoms with Crippen LogP contribution in [0.1, 0.15) is 48.1 Å². The van der Waals surface area contributed by atoms with E-state index in [-0.39, 0.29) is 11.4 Å². The van der Waals surface area contributed by atoms with Crippen LogP contribution in [0.25, 0.3) is 11.2 Å². The molecule has 2 atom stereocenters. The van der Waals surface area contributed by atoms with Gasteiger partial charge in [0.1, 0.15) is 17.1 Å². The molecule has 3 aromatic rings. The summed E-state index contributed by atoms with van der Waals surface area (Å²) in [5.41, 5.74) is 3.61. The van der Waals surface area contributed by atoms with E-state index in [1.807, 2.05) is 32.9 Å². The summed E-state index contributed by atoms with van der Waals surface area (Å²) in [7, 11) is 0. The predicted molar refractivity (Wildman–Crippen MR) is 81.6 cm³/mol. The number of halogens is 1. The van der Waals surface area contributed by atoms with E-state index >= 15 is 0 Å². The molecular weight excluding hydrogens is 288 g/mol. The van der Waals surface area contributed by atoms with Crippen LogP contribution in [-0.2, 0) is 0 Å². The third-order valence-electron chi connectivity index (χ3n) is 3.73. The quantitative estimate of drug-likeness (QED) is 0.688. The van der Waals surface area contributed by atoms with E-state index in [4.69, 9.17) is 16.1 Å². The van der Waals surface area contributed by atoms with Crippen molar-refractivity contribution in [1.29, 1.82) is 0 Å². The molecule has 0 radical (unpaired) electrons. The first-order chi connectivity index (χ1) is 10.0. The van der Waals surface area contributed by atoms with E-state index in [0.29, 0.717) is 0 Å². The Morgan fingerprint density at radius 3 is 2.67 bits per heavy atom. The standard InChI is InChI=1S/C15H17ClN4O/c1-8(16)14-18-12-6-5-7-17-15(12)20(14)10(3)13-9(2)19-21-11(13)4/h5-8,10H,1-4H3. The molecule has 2 unspecified atom stereocenters. The maximum absolute atomic E-state index is 6.31. The summed E-state index contributed by atoms with van der Waals surface area (Å²) in [4.78, 5) is 9.09. The van der Waals surface area contributed by atoms with E-state index in [1.165, 1.54) is 0 Å². The number of aryl methyl sites for hydroxylation is 2. The van der Waals surface area contributed by atoms with Crippen molar-refractivity contribution in [3.05, 3.63) is 41.2 Å². The van der Waals surface area contributed by atoms with Crippen LogP contribution in [0.3, 0.4) is 0 Å². The Kier molecular flexibility index (Phi) is 3.45. The van der Waals surface area contributed by atoms with Gasteiger partial charge in [-0.2, -0.15) is 0 Å². The van der Waals surface area contributed by atoms with Crippen molar-refractivity contribution in [2.45, 2.75) is 39.1 Å². The highest BCUT2D eigenvalue weighted by Crippen LogP contribution is 2.32. The number of hydrogen-bond acceptors (Lipinski definition) is 4. The van der Waals surface area contributed by atoms with Crippen LogP contribution in [0, 0.1) is 13.8 Å². The molecule has 3 rings (SSSR count). The SMILES string of the molecule is Cc1noc(C)c1C(C)n1c(C(C)Cl)nc2cccnc21. The van der Waals surface area contributed by atoms with Gasteiger partial charge in [-0.1, -0.05) is 5.16 Å². The number of imidazole rings is 1. The van der Waals surface area contributed by atoms with Crippen molar-refractivity contribution >= 4 is 22.8 Å². The molecule has 0 spiro atoms. The molecule has 6 heteroatoms. The minimum atomic E-state index is -0.206. The lowest BCUT2D eigenvalue weighted by atomic mass is 10.1. The van der Waals surface area contributed by atoms with E-state index < -0.39 is 0 Å². The minimum absolute atomic E-state index is 0.00681. The average molecular weight is 305 g/mol. The Hall–Kier alpha value is -1.88. The molecule has 5 nitrogen and oxygen atoms in total. The molecule has 0 N–H and O–H groups in total. The van der Waals surface area contributed by atoms with Crippen molar-refractivity contribution in [1.82, 2.24) is 19.7 Å². The number of hydrogen-bond donors (Lipinski definition) is 0. The highest BCUT2D eigenvalue weighted by molar-refractivity contribution is 6.20. The van der Waals surface area contributed by atoms with Crippen LogP contribution in [0.4, 0.5) is 0 Å². The largest absolute Gasteiger partial charge is 0.361 e. The second kappa shape index (κ2) is 5.15. The van der Waals surface area contributed by atoms with Gasteiger partial charge >= 0.3 is 0 Å². The average Bonchev–Trinajstić information content (AvgIpc) is 2.99. The lowest BCUT2D eigenvalue weighted by Gasteiger charge is -2.18. The van der Waals surface area contributed by atoms with Gasteiger partial charge in [-0.25, -0.2) is 9.97 Å². The monoisotopic (exact) mass is 304 g/mol. The van der Waals surface area contributed by atoms with E-state index in [9.17, 15) is 0 Å². The third-order valence-corrected chi connectivity index (χ3v) is 3.92. The Balaban J connectivity index is 2.25. The smallest absolute Gasteiger partial charge is 0.160 e. The van der Waals surface area contributed by atoms with Crippen LogP contribution in [0.15, 0.2) is 22.9 Å². The molecule has 3 aromatic heterocycles.